The lowest BCUT2D eigenvalue weighted by molar-refractivity contribution is 0.391. The van der Waals surface area contributed by atoms with Gasteiger partial charge in [0.1, 0.15) is 0 Å². The molecule has 0 spiro atoms. The van der Waals surface area contributed by atoms with Gasteiger partial charge in [-0.2, -0.15) is 4.98 Å². The first-order valence-electron chi connectivity index (χ1n) is 9.04. The van der Waals surface area contributed by atoms with Gasteiger partial charge in [-0.05, 0) is 47.8 Å². The number of rotatable bonds is 6. The molecule has 3 heterocycles. The molecule has 0 aliphatic heterocycles. The average Bonchev–Trinajstić information content (AvgIpc) is 3.53. The number of thiophene rings is 1. The van der Waals surface area contributed by atoms with E-state index in [4.69, 9.17) is 4.52 Å². The average molecular weight is 496 g/mol. The summed E-state index contributed by atoms with van der Waals surface area (Å²) in [6.45, 7) is 0. The Morgan fingerprint density at radius 3 is 2.57 bits per heavy atom. The van der Waals surface area contributed by atoms with E-state index in [-0.39, 0.29) is 0 Å². The molecule has 6 nitrogen and oxygen atoms in total. The van der Waals surface area contributed by atoms with Gasteiger partial charge < -0.3 is 4.52 Å². The minimum atomic E-state index is 0.499. The summed E-state index contributed by atoms with van der Waals surface area (Å²) in [7, 11) is 0. The Morgan fingerprint density at radius 1 is 0.967 bits per heavy atom. The van der Waals surface area contributed by atoms with Crippen molar-refractivity contribution < 1.29 is 4.52 Å². The van der Waals surface area contributed by atoms with Gasteiger partial charge in [-0.25, -0.2) is 0 Å². The molecular formula is C21H14BrN5OS2. The number of thioether (sulfide) groups is 1. The summed E-state index contributed by atoms with van der Waals surface area (Å²) < 4.78 is 8.51. The lowest BCUT2D eigenvalue weighted by Crippen LogP contribution is -1.98. The summed E-state index contributed by atoms with van der Waals surface area (Å²) >= 11 is 6.59. The van der Waals surface area contributed by atoms with Crippen LogP contribution in [0.2, 0.25) is 0 Å². The molecule has 9 heteroatoms. The summed E-state index contributed by atoms with van der Waals surface area (Å²) in [6, 6.07) is 22.0. The second-order valence-electron chi connectivity index (χ2n) is 6.26. The highest BCUT2D eigenvalue weighted by atomic mass is 79.9. The molecule has 0 fully saturated rings. The Kier molecular flexibility index (Phi) is 5.48. The fraction of sp³-hybridized carbons (Fsp3) is 0.0476. The van der Waals surface area contributed by atoms with Gasteiger partial charge in [-0.3, -0.25) is 4.57 Å². The van der Waals surface area contributed by atoms with Crippen LogP contribution in [0.1, 0.15) is 5.89 Å². The SMILES string of the molecule is Brc1ccc(-c2noc(CSc3nnc(-c4cccs4)n3-c3ccccc3)n2)cc1. The highest BCUT2D eigenvalue weighted by Gasteiger charge is 2.18. The van der Waals surface area contributed by atoms with Gasteiger partial charge >= 0.3 is 0 Å². The number of halogens is 1. The van der Waals surface area contributed by atoms with Crippen LogP contribution in [0, 0.1) is 0 Å². The molecule has 0 radical (unpaired) electrons. The number of hydrogen-bond donors (Lipinski definition) is 0. The van der Waals surface area contributed by atoms with E-state index in [1.54, 1.807) is 11.3 Å². The quantitative estimate of drug-likeness (QED) is 0.265. The molecule has 0 aliphatic carbocycles. The van der Waals surface area contributed by atoms with Gasteiger partial charge in [0, 0.05) is 15.7 Å². The fourth-order valence-electron chi connectivity index (χ4n) is 2.89. The predicted octanol–water partition coefficient (Wildman–Crippen LogP) is 6.10. The van der Waals surface area contributed by atoms with E-state index in [0.29, 0.717) is 17.5 Å². The summed E-state index contributed by atoms with van der Waals surface area (Å²) in [5, 5.41) is 15.8. The molecule has 0 bridgehead atoms. The van der Waals surface area contributed by atoms with Crippen LogP contribution in [0.3, 0.4) is 0 Å². The minimum absolute atomic E-state index is 0.499. The molecule has 30 heavy (non-hydrogen) atoms. The maximum Gasteiger partial charge on any atom is 0.237 e. The number of nitrogens with zero attached hydrogens (tertiary/aromatic N) is 5. The highest BCUT2D eigenvalue weighted by Crippen LogP contribution is 2.31. The Labute approximate surface area is 189 Å². The zero-order chi connectivity index (χ0) is 20.3. The summed E-state index contributed by atoms with van der Waals surface area (Å²) in [5.74, 6) is 2.43. The van der Waals surface area contributed by atoms with Crippen molar-refractivity contribution in [2.45, 2.75) is 10.9 Å². The van der Waals surface area contributed by atoms with Crippen LogP contribution in [-0.2, 0) is 5.75 Å². The van der Waals surface area contributed by atoms with Crippen LogP contribution in [0.4, 0.5) is 0 Å². The van der Waals surface area contributed by atoms with Crippen LogP contribution < -0.4 is 0 Å². The largest absolute Gasteiger partial charge is 0.338 e. The number of para-hydroxylation sites is 1. The maximum absolute atomic E-state index is 5.45. The molecule has 0 unspecified atom stereocenters. The summed E-state index contributed by atoms with van der Waals surface area (Å²) in [6.07, 6.45) is 0. The van der Waals surface area contributed by atoms with E-state index in [2.05, 4.69) is 40.8 Å². The van der Waals surface area contributed by atoms with E-state index in [9.17, 15) is 0 Å². The Morgan fingerprint density at radius 2 is 1.80 bits per heavy atom. The molecule has 0 N–H and O–H groups in total. The second-order valence-corrected chi connectivity index (χ2v) is 9.07. The standard InChI is InChI=1S/C21H14BrN5OS2/c22-15-10-8-14(9-11-15)19-23-18(28-26-19)13-30-21-25-24-20(17-7-4-12-29-17)27(21)16-5-2-1-3-6-16/h1-12H,13H2. The fourth-order valence-corrected chi connectivity index (χ4v) is 4.65. The number of benzene rings is 2. The zero-order valence-corrected chi connectivity index (χ0v) is 18.7. The molecule has 0 amide bonds. The Bertz CT molecular complexity index is 1250. The Balaban J connectivity index is 1.41. The van der Waals surface area contributed by atoms with E-state index in [0.717, 1.165) is 31.6 Å². The van der Waals surface area contributed by atoms with Crippen LogP contribution in [0.15, 0.2) is 86.3 Å². The predicted molar refractivity (Wildman–Crippen MR) is 122 cm³/mol. The first-order chi connectivity index (χ1) is 14.8. The van der Waals surface area contributed by atoms with E-state index in [1.807, 2.05) is 72.1 Å². The lowest BCUT2D eigenvalue weighted by atomic mass is 10.2. The number of hydrogen-bond acceptors (Lipinski definition) is 7. The van der Waals surface area contributed by atoms with Crippen molar-refractivity contribution in [1.82, 2.24) is 24.9 Å². The smallest absolute Gasteiger partial charge is 0.237 e. The minimum Gasteiger partial charge on any atom is -0.338 e. The topological polar surface area (TPSA) is 69.6 Å². The van der Waals surface area contributed by atoms with Gasteiger partial charge in [0.2, 0.25) is 11.7 Å². The Hall–Kier alpha value is -2.75. The lowest BCUT2D eigenvalue weighted by Gasteiger charge is -2.08. The van der Waals surface area contributed by atoms with Crippen molar-refractivity contribution in [3.05, 3.63) is 82.5 Å². The zero-order valence-electron chi connectivity index (χ0n) is 15.5. The molecule has 5 rings (SSSR count). The van der Waals surface area contributed by atoms with E-state index in [1.165, 1.54) is 11.8 Å². The molecular weight excluding hydrogens is 482 g/mol. The molecule has 2 aromatic carbocycles. The third-order valence-corrected chi connectivity index (χ3v) is 6.59. The molecule has 0 aliphatic rings. The first-order valence-corrected chi connectivity index (χ1v) is 11.7. The van der Waals surface area contributed by atoms with Crippen molar-refractivity contribution in [2.75, 3.05) is 0 Å². The first kappa shape index (κ1) is 19.2. The number of aromatic nitrogens is 5. The van der Waals surface area contributed by atoms with E-state index >= 15 is 0 Å². The monoisotopic (exact) mass is 495 g/mol. The van der Waals surface area contributed by atoms with Crippen molar-refractivity contribution in [3.63, 3.8) is 0 Å². The molecule has 0 saturated heterocycles. The van der Waals surface area contributed by atoms with Crippen LogP contribution in [0.25, 0.3) is 27.8 Å². The van der Waals surface area contributed by atoms with Crippen molar-refractivity contribution in [2.24, 2.45) is 0 Å². The van der Waals surface area contributed by atoms with Crippen molar-refractivity contribution in [3.8, 4) is 27.8 Å². The maximum atomic E-state index is 5.45. The third kappa shape index (κ3) is 3.96. The van der Waals surface area contributed by atoms with Gasteiger partial charge in [0.15, 0.2) is 11.0 Å². The van der Waals surface area contributed by atoms with Gasteiger partial charge in [-0.1, -0.05) is 57.1 Å². The van der Waals surface area contributed by atoms with E-state index < -0.39 is 0 Å². The van der Waals surface area contributed by atoms with Crippen LogP contribution >= 0.6 is 39.0 Å². The van der Waals surface area contributed by atoms with Crippen molar-refractivity contribution in [1.29, 1.82) is 0 Å². The van der Waals surface area contributed by atoms with Crippen LogP contribution in [0.5, 0.6) is 0 Å². The molecule has 5 aromatic rings. The molecule has 148 valence electrons. The highest BCUT2D eigenvalue weighted by molar-refractivity contribution is 9.10. The summed E-state index contributed by atoms with van der Waals surface area (Å²) in [4.78, 5) is 5.58. The molecule has 0 saturated carbocycles. The second kappa shape index (κ2) is 8.55. The van der Waals surface area contributed by atoms with Gasteiger partial charge in [0.25, 0.3) is 0 Å². The van der Waals surface area contributed by atoms with Gasteiger partial charge in [0.05, 0.1) is 10.6 Å². The molecule has 0 atom stereocenters. The normalized spacial score (nSPS) is 11.1. The van der Waals surface area contributed by atoms with Crippen LogP contribution in [-0.4, -0.2) is 24.9 Å². The van der Waals surface area contributed by atoms with Crippen molar-refractivity contribution >= 4 is 39.0 Å². The third-order valence-electron chi connectivity index (χ3n) is 4.28. The summed E-state index contributed by atoms with van der Waals surface area (Å²) in [5.41, 5.74) is 1.92. The molecule has 3 aromatic heterocycles. The van der Waals surface area contributed by atoms with Gasteiger partial charge in [-0.15, -0.1) is 21.5 Å².